The van der Waals surface area contributed by atoms with Crippen LogP contribution < -0.4 is 0 Å². The number of hydrogen-bond donors (Lipinski definition) is 0. The Morgan fingerprint density at radius 3 is 2.22 bits per heavy atom. The van der Waals surface area contributed by atoms with Gasteiger partial charge in [0.15, 0.2) is 5.79 Å². The molecular formula is C28H50O3Si. The predicted octanol–water partition coefficient (Wildman–Crippen LogP) is 7.67. The maximum Gasteiger partial charge on any atom is 0.214 e. The summed E-state index contributed by atoms with van der Waals surface area (Å²) in [5, 5.41) is 1.37. The largest absolute Gasteiger partial charge is 0.410 e. The highest BCUT2D eigenvalue weighted by molar-refractivity contribution is 6.79. The predicted molar refractivity (Wildman–Crippen MR) is 137 cm³/mol. The lowest BCUT2D eigenvalue weighted by molar-refractivity contribution is -0.338. The zero-order valence-corrected chi connectivity index (χ0v) is 23.0. The fourth-order valence-corrected chi connectivity index (χ4v) is 8.70. The van der Waals surface area contributed by atoms with Crippen molar-refractivity contribution < 1.29 is 13.9 Å². The van der Waals surface area contributed by atoms with Gasteiger partial charge in [-0.1, -0.05) is 45.9 Å². The monoisotopic (exact) mass is 462 g/mol. The van der Waals surface area contributed by atoms with Crippen LogP contribution >= 0.6 is 0 Å². The minimum Gasteiger partial charge on any atom is -0.410 e. The van der Waals surface area contributed by atoms with Gasteiger partial charge in [-0.25, -0.2) is 0 Å². The van der Waals surface area contributed by atoms with Gasteiger partial charge in [-0.3, -0.25) is 0 Å². The van der Waals surface area contributed by atoms with Gasteiger partial charge >= 0.3 is 0 Å². The van der Waals surface area contributed by atoms with Crippen LogP contribution in [0.5, 0.6) is 0 Å². The molecule has 0 amide bonds. The normalized spacial score (nSPS) is 41.5. The van der Waals surface area contributed by atoms with Crippen LogP contribution in [-0.4, -0.2) is 32.4 Å². The quantitative estimate of drug-likeness (QED) is 0.273. The molecule has 32 heavy (non-hydrogen) atoms. The van der Waals surface area contributed by atoms with Gasteiger partial charge in [0.1, 0.15) is 0 Å². The average molecular weight is 463 g/mol. The van der Waals surface area contributed by atoms with Crippen LogP contribution in [0, 0.1) is 29.6 Å². The van der Waals surface area contributed by atoms with Crippen LogP contribution in [0.4, 0.5) is 0 Å². The maximum atomic E-state index is 6.91. The van der Waals surface area contributed by atoms with E-state index in [1.165, 1.54) is 18.0 Å². The lowest BCUT2D eigenvalue weighted by Gasteiger charge is -2.51. The van der Waals surface area contributed by atoms with Crippen molar-refractivity contribution in [1.29, 1.82) is 0 Å². The van der Waals surface area contributed by atoms with Gasteiger partial charge in [0.05, 0.1) is 18.3 Å². The Kier molecular flexibility index (Phi) is 8.56. The third kappa shape index (κ3) is 5.79. The average Bonchev–Trinajstić information content (AvgIpc) is 2.96. The van der Waals surface area contributed by atoms with Crippen LogP contribution in [0.15, 0.2) is 24.4 Å². The van der Waals surface area contributed by atoms with Crippen molar-refractivity contribution in [3.05, 3.63) is 24.4 Å². The fourth-order valence-electron chi connectivity index (χ4n) is 6.18. The summed E-state index contributed by atoms with van der Waals surface area (Å²) in [6.07, 6.45) is 12.0. The first-order valence-electron chi connectivity index (χ1n) is 13.3. The van der Waals surface area contributed by atoms with Crippen LogP contribution in [-0.2, 0) is 13.9 Å². The zero-order valence-electron chi connectivity index (χ0n) is 22.0. The van der Waals surface area contributed by atoms with Crippen LogP contribution in [0.1, 0.15) is 86.0 Å². The molecule has 3 saturated heterocycles. The van der Waals surface area contributed by atoms with Crippen LogP contribution in [0.2, 0.25) is 13.1 Å². The van der Waals surface area contributed by atoms with Gasteiger partial charge in [0.25, 0.3) is 0 Å². The second-order valence-electron chi connectivity index (χ2n) is 12.0. The molecule has 9 atom stereocenters. The summed E-state index contributed by atoms with van der Waals surface area (Å²) in [6.45, 7) is 24.5. The number of hydrogen-bond acceptors (Lipinski definition) is 3. The van der Waals surface area contributed by atoms with E-state index in [1.54, 1.807) is 0 Å². The molecule has 0 radical (unpaired) electrons. The Bertz CT molecular complexity index is 657. The molecule has 0 aliphatic carbocycles. The molecule has 4 heteroatoms. The van der Waals surface area contributed by atoms with E-state index in [9.17, 15) is 0 Å². The summed E-state index contributed by atoms with van der Waals surface area (Å²) in [4.78, 5) is 0. The minimum atomic E-state index is -1.71. The molecule has 3 aliphatic heterocycles. The van der Waals surface area contributed by atoms with E-state index < -0.39 is 8.32 Å². The van der Waals surface area contributed by atoms with E-state index in [-0.39, 0.29) is 11.9 Å². The minimum absolute atomic E-state index is 0.273. The van der Waals surface area contributed by atoms with E-state index in [2.05, 4.69) is 66.9 Å². The van der Waals surface area contributed by atoms with E-state index in [0.717, 1.165) is 38.5 Å². The highest BCUT2D eigenvalue weighted by atomic mass is 28.4. The van der Waals surface area contributed by atoms with Gasteiger partial charge in [-0.15, -0.1) is 13.2 Å². The van der Waals surface area contributed by atoms with Crippen LogP contribution in [0.25, 0.3) is 0 Å². The van der Waals surface area contributed by atoms with Crippen molar-refractivity contribution >= 4 is 8.32 Å². The SMILES string of the molecule is C=C[C@@H](C)CC[C@@H]1O[C@@]2(CC[C@H]1C)CC[C@H](C)[C@H]([C@H](C)CC[C@@H]1O[Si](C)(C)C(=C)[C@H]1C)O2. The Morgan fingerprint density at radius 2 is 1.62 bits per heavy atom. The number of rotatable bonds is 8. The van der Waals surface area contributed by atoms with Crippen molar-refractivity contribution in [2.75, 3.05) is 0 Å². The summed E-state index contributed by atoms with van der Waals surface area (Å²) < 4.78 is 20.2. The summed E-state index contributed by atoms with van der Waals surface area (Å²) in [5.74, 6) is 2.38. The Labute approximate surface area is 199 Å². The molecule has 3 heterocycles. The number of ether oxygens (including phenoxy) is 2. The molecule has 184 valence electrons. The molecule has 0 saturated carbocycles. The summed E-state index contributed by atoms with van der Waals surface area (Å²) in [5.41, 5.74) is 0. The molecule has 0 unspecified atom stereocenters. The first-order valence-corrected chi connectivity index (χ1v) is 16.2. The molecule has 0 N–H and O–H groups in total. The lowest BCUT2D eigenvalue weighted by atomic mass is 9.79. The van der Waals surface area contributed by atoms with Crippen molar-refractivity contribution in [1.82, 2.24) is 0 Å². The van der Waals surface area contributed by atoms with Crippen LogP contribution in [0.3, 0.4) is 0 Å². The second-order valence-corrected chi connectivity index (χ2v) is 15.9. The maximum absolute atomic E-state index is 6.91. The summed E-state index contributed by atoms with van der Waals surface area (Å²) in [7, 11) is -1.71. The van der Waals surface area contributed by atoms with Crippen molar-refractivity contribution in [3.63, 3.8) is 0 Å². The highest BCUT2D eigenvalue weighted by Crippen LogP contribution is 2.46. The molecule has 3 fully saturated rings. The molecule has 3 aliphatic rings. The van der Waals surface area contributed by atoms with Crippen molar-refractivity contribution in [2.45, 2.75) is 123 Å². The molecule has 0 bridgehead atoms. The molecule has 0 aromatic carbocycles. The molecular weight excluding hydrogens is 412 g/mol. The third-order valence-electron chi connectivity index (χ3n) is 8.98. The zero-order chi connectivity index (χ0) is 23.7. The molecule has 3 nitrogen and oxygen atoms in total. The lowest BCUT2D eigenvalue weighted by Crippen LogP contribution is -2.53. The highest BCUT2D eigenvalue weighted by Gasteiger charge is 2.48. The van der Waals surface area contributed by atoms with E-state index in [0.29, 0.717) is 41.8 Å². The smallest absolute Gasteiger partial charge is 0.214 e. The molecule has 0 aromatic heterocycles. The third-order valence-corrected chi connectivity index (χ3v) is 11.9. The summed E-state index contributed by atoms with van der Waals surface area (Å²) in [6, 6.07) is 0. The first-order chi connectivity index (χ1) is 15.0. The molecule has 1 spiro atoms. The van der Waals surface area contributed by atoms with Gasteiger partial charge < -0.3 is 13.9 Å². The first kappa shape index (κ1) is 26.2. The molecule has 0 aromatic rings. The Hall–Kier alpha value is -0.423. The standard InChI is InChI=1S/C28H50O3Si/c1-10-19(2)11-13-25-20(3)15-17-28(29-25)18-16-22(5)27(30-28)21(4)12-14-26-23(6)24(7)32(8,9)31-26/h10,19-23,25-27H,1,7,11-18H2,2-6,8-9H3/t19-,20-,21-,22+,23-,25+,26+,27+,28-/m1/s1. The summed E-state index contributed by atoms with van der Waals surface area (Å²) >= 11 is 0. The molecule has 3 rings (SSSR count). The van der Waals surface area contributed by atoms with E-state index in [1.807, 2.05) is 0 Å². The second kappa shape index (κ2) is 10.5. The van der Waals surface area contributed by atoms with Crippen molar-refractivity contribution in [3.8, 4) is 0 Å². The van der Waals surface area contributed by atoms with E-state index in [4.69, 9.17) is 13.9 Å². The Balaban J connectivity index is 1.59. The van der Waals surface area contributed by atoms with Crippen molar-refractivity contribution in [2.24, 2.45) is 29.6 Å². The topological polar surface area (TPSA) is 27.7 Å². The fraction of sp³-hybridized carbons (Fsp3) is 0.857. The number of allylic oxidation sites excluding steroid dienone is 1. The van der Waals surface area contributed by atoms with Gasteiger partial charge in [-0.2, -0.15) is 0 Å². The Morgan fingerprint density at radius 1 is 1.00 bits per heavy atom. The van der Waals surface area contributed by atoms with E-state index >= 15 is 0 Å². The van der Waals surface area contributed by atoms with Gasteiger partial charge in [0.2, 0.25) is 8.32 Å². The van der Waals surface area contributed by atoms with Gasteiger partial charge in [-0.05, 0) is 75.3 Å². The van der Waals surface area contributed by atoms with Gasteiger partial charge in [0, 0.05) is 18.8 Å².